The molecule has 0 aliphatic rings. The molecule has 0 bridgehead atoms. The van der Waals surface area contributed by atoms with E-state index in [1.807, 2.05) is 30.3 Å². The molecule has 3 aromatic rings. The van der Waals surface area contributed by atoms with Gasteiger partial charge in [0.15, 0.2) is 0 Å². The number of carbonyl (C=O) groups is 1. The van der Waals surface area contributed by atoms with E-state index in [0.717, 1.165) is 21.3 Å². The Bertz CT molecular complexity index is 733. The van der Waals surface area contributed by atoms with Crippen LogP contribution >= 0.6 is 11.3 Å². The zero-order valence-electron chi connectivity index (χ0n) is 9.33. The van der Waals surface area contributed by atoms with Gasteiger partial charge in [0, 0.05) is 21.8 Å². The van der Waals surface area contributed by atoms with Crippen LogP contribution in [0.25, 0.3) is 21.3 Å². The van der Waals surface area contributed by atoms with Crippen LogP contribution in [0.2, 0.25) is 0 Å². The van der Waals surface area contributed by atoms with E-state index in [-0.39, 0.29) is 0 Å². The minimum atomic E-state index is -0.892. The molecular weight excluding hydrogens is 246 g/mol. The maximum Gasteiger partial charge on any atom is 0.336 e. The van der Waals surface area contributed by atoms with Crippen molar-refractivity contribution in [3.05, 3.63) is 53.5 Å². The first-order valence-electron chi connectivity index (χ1n) is 5.41. The maximum atomic E-state index is 10.9. The molecule has 1 aromatic carbocycles. The highest BCUT2D eigenvalue weighted by atomic mass is 32.1. The molecule has 0 radical (unpaired) electrons. The van der Waals surface area contributed by atoms with Crippen molar-refractivity contribution < 1.29 is 9.90 Å². The van der Waals surface area contributed by atoms with E-state index in [9.17, 15) is 4.79 Å². The first-order valence-corrected chi connectivity index (χ1v) is 6.29. The number of fused-ring (bicyclic) bond motifs is 1. The summed E-state index contributed by atoms with van der Waals surface area (Å²) < 4.78 is 0. The fraction of sp³-hybridized carbons (Fsp3) is 0. The minimum Gasteiger partial charge on any atom is -0.478 e. The van der Waals surface area contributed by atoms with E-state index in [4.69, 9.17) is 5.11 Å². The Balaban J connectivity index is 2.10. The quantitative estimate of drug-likeness (QED) is 0.760. The zero-order valence-corrected chi connectivity index (χ0v) is 10.1. The van der Waals surface area contributed by atoms with E-state index in [2.05, 4.69) is 4.98 Å². The smallest absolute Gasteiger partial charge is 0.336 e. The summed E-state index contributed by atoms with van der Waals surface area (Å²) in [4.78, 5) is 16.1. The summed E-state index contributed by atoms with van der Waals surface area (Å²) in [5.74, 6) is -0.892. The highest BCUT2D eigenvalue weighted by Crippen LogP contribution is 2.29. The van der Waals surface area contributed by atoms with Gasteiger partial charge in [-0.3, -0.25) is 4.98 Å². The number of aromatic carboxylic acids is 1. The van der Waals surface area contributed by atoms with Gasteiger partial charge in [0.1, 0.15) is 0 Å². The van der Waals surface area contributed by atoms with E-state index >= 15 is 0 Å². The summed E-state index contributed by atoms with van der Waals surface area (Å²) in [5.41, 5.74) is 2.25. The van der Waals surface area contributed by atoms with Crippen molar-refractivity contribution >= 4 is 28.2 Å². The highest BCUT2D eigenvalue weighted by Gasteiger charge is 2.08. The van der Waals surface area contributed by atoms with Crippen LogP contribution in [0, 0.1) is 0 Å². The zero-order chi connectivity index (χ0) is 12.5. The van der Waals surface area contributed by atoms with Gasteiger partial charge in [-0.15, -0.1) is 11.3 Å². The second kappa shape index (κ2) is 4.23. The Morgan fingerprint density at radius 3 is 2.89 bits per heavy atom. The van der Waals surface area contributed by atoms with Crippen molar-refractivity contribution in [2.24, 2.45) is 0 Å². The summed E-state index contributed by atoms with van der Waals surface area (Å²) in [6.45, 7) is 0. The first-order chi connectivity index (χ1) is 8.74. The summed E-state index contributed by atoms with van der Waals surface area (Å²) >= 11 is 1.43. The average Bonchev–Trinajstić information content (AvgIpc) is 2.88. The molecule has 0 saturated carbocycles. The summed E-state index contributed by atoms with van der Waals surface area (Å²) in [6.07, 6.45) is 1.75. The van der Waals surface area contributed by atoms with Crippen LogP contribution in [0.1, 0.15) is 10.4 Å². The van der Waals surface area contributed by atoms with Crippen LogP contribution in [0.3, 0.4) is 0 Å². The number of hydrogen-bond acceptors (Lipinski definition) is 3. The van der Waals surface area contributed by atoms with Gasteiger partial charge in [0.05, 0.1) is 11.1 Å². The fourth-order valence-electron chi connectivity index (χ4n) is 1.82. The topological polar surface area (TPSA) is 50.2 Å². The first kappa shape index (κ1) is 10.9. The Kier molecular flexibility index (Phi) is 2.57. The molecule has 0 amide bonds. The van der Waals surface area contributed by atoms with E-state index in [1.165, 1.54) is 11.3 Å². The summed E-state index contributed by atoms with van der Waals surface area (Å²) in [7, 11) is 0. The van der Waals surface area contributed by atoms with Crippen molar-refractivity contribution in [1.29, 1.82) is 0 Å². The van der Waals surface area contributed by atoms with E-state index < -0.39 is 5.97 Å². The van der Waals surface area contributed by atoms with Crippen LogP contribution in [0.5, 0.6) is 0 Å². The molecule has 0 unspecified atom stereocenters. The van der Waals surface area contributed by atoms with Gasteiger partial charge in [0.2, 0.25) is 0 Å². The number of thiophene rings is 1. The van der Waals surface area contributed by atoms with Gasteiger partial charge < -0.3 is 5.11 Å². The van der Waals surface area contributed by atoms with Gasteiger partial charge in [-0.2, -0.15) is 0 Å². The fourth-order valence-corrected chi connectivity index (χ4v) is 2.70. The molecule has 4 heteroatoms. The number of rotatable bonds is 2. The molecule has 3 nitrogen and oxygen atoms in total. The molecule has 2 aromatic heterocycles. The lowest BCUT2D eigenvalue weighted by molar-refractivity contribution is 0.0697. The second-order valence-corrected chi connectivity index (χ2v) is 4.83. The molecule has 2 heterocycles. The van der Waals surface area contributed by atoms with Crippen LogP contribution in [-0.4, -0.2) is 16.1 Å². The monoisotopic (exact) mass is 255 g/mol. The number of benzene rings is 1. The molecule has 0 atom stereocenters. The number of nitrogens with zero attached hydrogens (tertiary/aromatic N) is 1. The molecule has 0 spiro atoms. The largest absolute Gasteiger partial charge is 0.478 e. The van der Waals surface area contributed by atoms with Gasteiger partial charge in [0.25, 0.3) is 0 Å². The Labute approximate surface area is 107 Å². The molecule has 1 N–H and O–H groups in total. The Morgan fingerprint density at radius 1 is 1.22 bits per heavy atom. The summed E-state index contributed by atoms with van der Waals surface area (Å²) in [5, 5.41) is 11.6. The predicted molar refractivity (Wildman–Crippen MR) is 72.0 cm³/mol. The average molecular weight is 255 g/mol. The third kappa shape index (κ3) is 1.87. The molecule has 0 aliphatic carbocycles. The second-order valence-electron chi connectivity index (χ2n) is 3.92. The van der Waals surface area contributed by atoms with Gasteiger partial charge in [-0.05, 0) is 23.8 Å². The van der Waals surface area contributed by atoms with Crippen molar-refractivity contribution in [3.63, 3.8) is 0 Å². The number of carboxylic acid groups (broad SMARTS) is 1. The number of hydrogen-bond donors (Lipinski definition) is 1. The van der Waals surface area contributed by atoms with Gasteiger partial charge >= 0.3 is 5.97 Å². The Morgan fingerprint density at radius 2 is 2.11 bits per heavy atom. The highest BCUT2D eigenvalue weighted by molar-refractivity contribution is 7.13. The van der Waals surface area contributed by atoms with Crippen LogP contribution < -0.4 is 0 Å². The molecular formula is C14H9NO2S. The molecule has 0 fully saturated rings. The molecule has 88 valence electrons. The molecule has 0 aliphatic heterocycles. The SMILES string of the molecule is O=C(O)c1csc(-c2ccc3cccnc3c2)c1. The third-order valence-electron chi connectivity index (χ3n) is 2.74. The molecule has 0 saturated heterocycles. The maximum absolute atomic E-state index is 10.9. The lowest BCUT2D eigenvalue weighted by Gasteiger charge is -2.00. The lowest BCUT2D eigenvalue weighted by Crippen LogP contribution is -1.91. The Hall–Kier alpha value is -2.20. The number of pyridine rings is 1. The predicted octanol–water partition coefficient (Wildman–Crippen LogP) is 3.66. The third-order valence-corrected chi connectivity index (χ3v) is 3.72. The van der Waals surface area contributed by atoms with Crippen LogP contribution in [0.15, 0.2) is 48.0 Å². The van der Waals surface area contributed by atoms with E-state index in [1.54, 1.807) is 17.6 Å². The van der Waals surface area contributed by atoms with E-state index in [0.29, 0.717) is 5.56 Å². The minimum absolute atomic E-state index is 0.330. The van der Waals surface area contributed by atoms with Crippen molar-refractivity contribution in [2.75, 3.05) is 0 Å². The van der Waals surface area contributed by atoms with Crippen LogP contribution in [-0.2, 0) is 0 Å². The standard InChI is InChI=1S/C14H9NO2S/c16-14(17)11-7-13(18-8-11)10-4-3-9-2-1-5-15-12(9)6-10/h1-8H,(H,16,17). The van der Waals surface area contributed by atoms with Gasteiger partial charge in [-0.25, -0.2) is 4.79 Å². The number of aromatic nitrogens is 1. The van der Waals surface area contributed by atoms with Crippen molar-refractivity contribution in [3.8, 4) is 10.4 Å². The van der Waals surface area contributed by atoms with Gasteiger partial charge in [-0.1, -0.05) is 18.2 Å². The summed E-state index contributed by atoms with van der Waals surface area (Å²) in [6, 6.07) is 11.6. The van der Waals surface area contributed by atoms with Crippen molar-refractivity contribution in [1.82, 2.24) is 4.98 Å². The normalized spacial score (nSPS) is 10.7. The lowest BCUT2D eigenvalue weighted by atomic mass is 10.1. The van der Waals surface area contributed by atoms with Crippen molar-refractivity contribution in [2.45, 2.75) is 0 Å². The molecule has 3 rings (SSSR count). The van der Waals surface area contributed by atoms with Crippen LogP contribution in [0.4, 0.5) is 0 Å². The number of carboxylic acids is 1. The molecule has 18 heavy (non-hydrogen) atoms.